The van der Waals surface area contributed by atoms with Crippen LogP contribution in [0.1, 0.15) is 5.69 Å². The second-order valence-corrected chi connectivity index (χ2v) is 8.02. The van der Waals surface area contributed by atoms with Gasteiger partial charge in [0.1, 0.15) is 5.75 Å². The molecular formula is C22H21NO5S. The fraction of sp³-hybridized carbons (Fsp3) is 0.136. The molecule has 0 atom stereocenters. The van der Waals surface area contributed by atoms with Crippen molar-refractivity contribution >= 4 is 26.7 Å². The zero-order valence-electron chi connectivity index (χ0n) is 15.9. The standard InChI is InChI=1S/C22H21NO5S/c1-28-20-12-13-22-17(16-20)15-18(7-5-8-19(25)9-6-14-24)23(22)29(26,27)21-10-3-2-4-11-21/h2-6,8-13,15-16,24H,7,14H2,1H3/b8-5-,9-6-. The highest BCUT2D eigenvalue weighted by molar-refractivity contribution is 7.90. The number of methoxy groups -OCH3 is 1. The first-order valence-electron chi connectivity index (χ1n) is 8.94. The second kappa shape index (κ2) is 8.89. The summed E-state index contributed by atoms with van der Waals surface area (Å²) in [6.07, 6.45) is 5.80. The van der Waals surface area contributed by atoms with E-state index in [0.29, 0.717) is 17.0 Å². The molecule has 29 heavy (non-hydrogen) atoms. The summed E-state index contributed by atoms with van der Waals surface area (Å²) < 4.78 is 33.2. The highest BCUT2D eigenvalue weighted by atomic mass is 32.2. The summed E-state index contributed by atoms with van der Waals surface area (Å²) in [6, 6.07) is 15.2. The predicted octanol–water partition coefficient (Wildman–Crippen LogP) is 3.10. The Kier molecular flexibility index (Phi) is 6.31. The summed E-state index contributed by atoms with van der Waals surface area (Å²) in [4.78, 5) is 11.9. The number of ether oxygens (including phenoxy) is 1. The first-order chi connectivity index (χ1) is 14.0. The lowest BCUT2D eigenvalue weighted by Gasteiger charge is -2.11. The number of ketones is 1. The Labute approximate surface area is 169 Å². The molecule has 3 aromatic rings. The van der Waals surface area contributed by atoms with Crippen LogP contribution < -0.4 is 4.74 Å². The SMILES string of the molecule is COc1ccc2c(c1)cc(C/C=C\C(=O)/C=C\CO)n2S(=O)(=O)c1ccccc1. The van der Waals surface area contributed by atoms with Gasteiger partial charge >= 0.3 is 0 Å². The van der Waals surface area contributed by atoms with Crippen molar-refractivity contribution in [1.82, 2.24) is 3.97 Å². The van der Waals surface area contributed by atoms with Gasteiger partial charge in [0.2, 0.25) is 0 Å². The third-order valence-corrected chi connectivity index (χ3v) is 6.09. The van der Waals surface area contributed by atoms with Gasteiger partial charge in [0.25, 0.3) is 10.0 Å². The Bertz CT molecular complexity index is 1170. The molecule has 2 aromatic carbocycles. The fourth-order valence-corrected chi connectivity index (χ4v) is 4.57. The first-order valence-corrected chi connectivity index (χ1v) is 10.4. The molecule has 0 aliphatic rings. The number of nitrogens with zero attached hydrogens (tertiary/aromatic N) is 1. The maximum atomic E-state index is 13.3. The zero-order chi connectivity index (χ0) is 20.9. The number of aliphatic hydroxyl groups excluding tert-OH is 1. The average Bonchev–Trinajstić information content (AvgIpc) is 3.10. The molecule has 7 heteroatoms. The van der Waals surface area contributed by atoms with Gasteiger partial charge in [0, 0.05) is 17.5 Å². The van der Waals surface area contributed by atoms with Crippen LogP contribution >= 0.6 is 0 Å². The molecule has 0 saturated carbocycles. The summed E-state index contributed by atoms with van der Waals surface area (Å²) >= 11 is 0. The van der Waals surface area contributed by atoms with Gasteiger partial charge in [-0.2, -0.15) is 0 Å². The van der Waals surface area contributed by atoms with E-state index in [0.717, 1.165) is 5.39 Å². The highest BCUT2D eigenvalue weighted by Crippen LogP contribution is 2.29. The van der Waals surface area contributed by atoms with Crippen molar-refractivity contribution in [3.05, 3.63) is 84.6 Å². The lowest BCUT2D eigenvalue weighted by molar-refractivity contribution is -0.110. The third-order valence-electron chi connectivity index (χ3n) is 4.31. The molecule has 0 bridgehead atoms. The number of hydrogen-bond donors (Lipinski definition) is 1. The molecule has 0 aliphatic heterocycles. The van der Waals surface area contributed by atoms with E-state index >= 15 is 0 Å². The Morgan fingerprint density at radius 2 is 1.79 bits per heavy atom. The summed E-state index contributed by atoms with van der Waals surface area (Å²) in [5.74, 6) is 0.340. The summed E-state index contributed by atoms with van der Waals surface area (Å²) in [5, 5.41) is 9.45. The molecule has 1 heterocycles. The molecular weight excluding hydrogens is 390 g/mol. The van der Waals surface area contributed by atoms with Crippen LogP contribution in [0, 0.1) is 0 Å². The van der Waals surface area contributed by atoms with Crippen molar-refractivity contribution in [3.8, 4) is 5.75 Å². The number of hydrogen-bond acceptors (Lipinski definition) is 5. The Morgan fingerprint density at radius 3 is 2.48 bits per heavy atom. The van der Waals surface area contributed by atoms with Crippen molar-refractivity contribution in [2.24, 2.45) is 0 Å². The molecule has 6 nitrogen and oxygen atoms in total. The van der Waals surface area contributed by atoms with E-state index < -0.39 is 10.0 Å². The lowest BCUT2D eigenvalue weighted by Crippen LogP contribution is -2.15. The number of carbonyl (C=O) groups is 1. The van der Waals surface area contributed by atoms with Crippen LogP contribution in [0.2, 0.25) is 0 Å². The van der Waals surface area contributed by atoms with Crippen molar-refractivity contribution in [2.45, 2.75) is 11.3 Å². The maximum absolute atomic E-state index is 13.3. The highest BCUT2D eigenvalue weighted by Gasteiger charge is 2.22. The zero-order valence-corrected chi connectivity index (χ0v) is 16.7. The molecule has 1 N–H and O–H groups in total. The van der Waals surface area contributed by atoms with E-state index in [2.05, 4.69) is 0 Å². The number of allylic oxidation sites excluding steroid dienone is 3. The Balaban J connectivity index is 2.09. The first kappa shape index (κ1) is 20.6. The van der Waals surface area contributed by atoms with Crippen molar-refractivity contribution < 1.29 is 23.1 Å². The van der Waals surface area contributed by atoms with E-state index in [9.17, 15) is 13.2 Å². The number of aliphatic hydroxyl groups is 1. The third kappa shape index (κ3) is 4.47. The van der Waals surface area contributed by atoms with Gasteiger partial charge in [-0.3, -0.25) is 4.79 Å². The molecule has 3 rings (SSSR count). The topological polar surface area (TPSA) is 85.6 Å². The molecule has 0 fully saturated rings. The number of aromatic nitrogens is 1. The second-order valence-electron chi connectivity index (χ2n) is 6.24. The van der Waals surface area contributed by atoms with Gasteiger partial charge in [-0.1, -0.05) is 30.4 Å². The van der Waals surface area contributed by atoms with Crippen LogP contribution in [-0.2, 0) is 21.2 Å². The minimum absolute atomic E-state index is 0.181. The van der Waals surface area contributed by atoms with Crippen LogP contribution in [-0.4, -0.2) is 37.0 Å². The van der Waals surface area contributed by atoms with E-state index in [4.69, 9.17) is 9.84 Å². The molecule has 0 unspecified atom stereocenters. The molecule has 0 spiro atoms. The van der Waals surface area contributed by atoms with E-state index in [1.165, 1.54) is 22.2 Å². The van der Waals surface area contributed by atoms with Crippen LogP contribution in [0.15, 0.2) is 83.8 Å². The van der Waals surface area contributed by atoms with Crippen LogP contribution in [0.25, 0.3) is 10.9 Å². The van der Waals surface area contributed by atoms with Gasteiger partial charge in [0.05, 0.1) is 24.1 Å². The van der Waals surface area contributed by atoms with E-state index in [1.807, 2.05) is 0 Å². The van der Waals surface area contributed by atoms with Crippen molar-refractivity contribution in [1.29, 1.82) is 0 Å². The van der Waals surface area contributed by atoms with Crippen molar-refractivity contribution in [3.63, 3.8) is 0 Å². The van der Waals surface area contributed by atoms with Gasteiger partial charge in [-0.15, -0.1) is 0 Å². The lowest BCUT2D eigenvalue weighted by atomic mass is 10.2. The molecule has 0 saturated heterocycles. The van der Waals surface area contributed by atoms with Crippen molar-refractivity contribution in [2.75, 3.05) is 13.7 Å². The number of carbonyl (C=O) groups excluding carboxylic acids is 1. The summed E-state index contributed by atoms with van der Waals surface area (Å²) in [5.41, 5.74) is 1.05. The predicted molar refractivity (Wildman–Crippen MR) is 112 cm³/mol. The normalized spacial score (nSPS) is 12.2. The molecule has 0 aliphatic carbocycles. The van der Waals surface area contributed by atoms with Crippen LogP contribution in [0.5, 0.6) is 5.75 Å². The summed E-state index contributed by atoms with van der Waals surface area (Å²) in [6.45, 7) is -0.217. The Hall–Kier alpha value is -3.16. The fourth-order valence-electron chi connectivity index (χ4n) is 3.00. The monoisotopic (exact) mass is 411 g/mol. The van der Waals surface area contributed by atoms with Crippen LogP contribution in [0.4, 0.5) is 0 Å². The molecule has 150 valence electrons. The maximum Gasteiger partial charge on any atom is 0.268 e. The Morgan fingerprint density at radius 1 is 1.07 bits per heavy atom. The minimum atomic E-state index is -3.83. The number of rotatable bonds is 8. The van der Waals surface area contributed by atoms with Gasteiger partial charge in [-0.25, -0.2) is 12.4 Å². The van der Waals surface area contributed by atoms with Gasteiger partial charge < -0.3 is 9.84 Å². The van der Waals surface area contributed by atoms with Gasteiger partial charge in [-0.05, 0) is 48.6 Å². The average molecular weight is 411 g/mol. The molecule has 0 radical (unpaired) electrons. The molecule has 0 amide bonds. The van der Waals surface area contributed by atoms with Gasteiger partial charge in [0.15, 0.2) is 5.78 Å². The van der Waals surface area contributed by atoms with E-state index in [-0.39, 0.29) is 23.7 Å². The number of fused-ring (bicyclic) bond motifs is 1. The summed E-state index contributed by atoms with van der Waals surface area (Å²) in [7, 11) is -2.28. The quantitative estimate of drug-likeness (QED) is 0.576. The largest absolute Gasteiger partial charge is 0.497 e. The van der Waals surface area contributed by atoms with Crippen LogP contribution in [0.3, 0.4) is 0 Å². The number of benzene rings is 2. The minimum Gasteiger partial charge on any atom is -0.497 e. The molecule has 1 aromatic heterocycles. The smallest absolute Gasteiger partial charge is 0.268 e. The van der Waals surface area contributed by atoms with E-state index in [1.54, 1.807) is 67.8 Å².